The van der Waals surface area contributed by atoms with Gasteiger partial charge in [-0.1, -0.05) is 0 Å². The monoisotopic (exact) mass is 349 g/mol. The van der Waals surface area contributed by atoms with E-state index in [1.807, 2.05) is 17.4 Å². The van der Waals surface area contributed by atoms with E-state index in [1.54, 1.807) is 24.3 Å². The van der Waals surface area contributed by atoms with Crippen LogP contribution in [0.3, 0.4) is 0 Å². The molecule has 0 radical (unpaired) electrons. The molecule has 5 nitrogen and oxygen atoms in total. The Balaban J connectivity index is 1.64. The topological polar surface area (TPSA) is 60.4 Å². The highest BCUT2D eigenvalue weighted by Gasteiger charge is 2.26. The highest BCUT2D eigenvalue weighted by molar-refractivity contribution is 7.15. The summed E-state index contributed by atoms with van der Waals surface area (Å²) in [6.07, 6.45) is 5.67. The van der Waals surface area contributed by atoms with Gasteiger partial charge >= 0.3 is 0 Å². The molecule has 0 N–H and O–H groups in total. The summed E-state index contributed by atoms with van der Waals surface area (Å²) in [6.45, 7) is 0.676. The Morgan fingerprint density at radius 2 is 1.96 bits per heavy atom. The number of nitro benzene ring substituents is 1. The second kappa shape index (κ2) is 5.39. The van der Waals surface area contributed by atoms with E-state index in [4.69, 9.17) is 4.99 Å². The maximum Gasteiger partial charge on any atom is 0.269 e. The van der Waals surface area contributed by atoms with E-state index in [-0.39, 0.29) is 10.6 Å². The smallest absolute Gasteiger partial charge is 0.269 e. The standard InChI is InChI=1S/C19H15N3O2S/c23-22(24)13-8-6-12(7-9-13)18-16-4-2-10-21(16)19-15(11-20-18)14-3-1-5-17(14)25-19/h2,4,6-10H,1,3,5,11H2. The highest BCUT2D eigenvalue weighted by atomic mass is 32.1. The Labute approximate surface area is 148 Å². The summed E-state index contributed by atoms with van der Waals surface area (Å²) < 4.78 is 2.23. The Morgan fingerprint density at radius 3 is 2.76 bits per heavy atom. The molecule has 25 heavy (non-hydrogen) atoms. The number of nitrogens with zero attached hydrogens (tertiary/aromatic N) is 3. The van der Waals surface area contributed by atoms with Gasteiger partial charge in [0, 0.05) is 34.3 Å². The SMILES string of the molecule is O=[N+]([O-])c1ccc(C2=NCc3c(sc4c3CCC4)-n3cccc32)cc1. The van der Waals surface area contributed by atoms with Crippen molar-refractivity contribution >= 4 is 22.7 Å². The van der Waals surface area contributed by atoms with Gasteiger partial charge in [0.2, 0.25) is 0 Å². The van der Waals surface area contributed by atoms with Crippen LogP contribution in [0.2, 0.25) is 0 Å². The number of hydrogen-bond donors (Lipinski definition) is 0. The molecule has 2 aliphatic rings. The minimum atomic E-state index is -0.373. The zero-order valence-electron chi connectivity index (χ0n) is 13.4. The fourth-order valence-electron chi connectivity index (χ4n) is 3.78. The van der Waals surface area contributed by atoms with Gasteiger partial charge in [-0.15, -0.1) is 11.3 Å². The molecule has 0 unspecified atom stereocenters. The van der Waals surface area contributed by atoms with E-state index in [0.29, 0.717) is 6.54 Å². The Hall–Kier alpha value is -2.73. The molecule has 0 amide bonds. The van der Waals surface area contributed by atoms with E-state index >= 15 is 0 Å². The summed E-state index contributed by atoms with van der Waals surface area (Å²) in [4.78, 5) is 16.9. The van der Waals surface area contributed by atoms with E-state index in [9.17, 15) is 10.1 Å². The number of rotatable bonds is 2. The fourth-order valence-corrected chi connectivity index (χ4v) is 5.18. The quantitative estimate of drug-likeness (QED) is 0.512. The summed E-state index contributed by atoms with van der Waals surface area (Å²) in [6, 6.07) is 10.8. The number of aryl methyl sites for hydroxylation is 1. The third-order valence-electron chi connectivity index (χ3n) is 4.97. The van der Waals surface area contributed by atoms with Crippen LogP contribution in [-0.2, 0) is 19.4 Å². The molecule has 5 rings (SSSR count). The zero-order valence-corrected chi connectivity index (χ0v) is 14.3. The first-order valence-electron chi connectivity index (χ1n) is 8.33. The summed E-state index contributed by atoms with van der Waals surface area (Å²) in [5, 5.41) is 12.2. The van der Waals surface area contributed by atoms with Gasteiger partial charge in [-0.05, 0) is 49.1 Å². The number of non-ortho nitro benzene ring substituents is 1. The molecular formula is C19H15N3O2S. The Kier molecular flexibility index (Phi) is 3.15. The molecule has 3 aromatic rings. The van der Waals surface area contributed by atoms with Crippen molar-refractivity contribution in [2.75, 3.05) is 0 Å². The van der Waals surface area contributed by atoms with Crippen molar-refractivity contribution < 1.29 is 4.92 Å². The first-order chi connectivity index (χ1) is 12.2. The van der Waals surface area contributed by atoms with E-state index < -0.39 is 0 Å². The van der Waals surface area contributed by atoms with Crippen LogP contribution >= 0.6 is 11.3 Å². The molecule has 124 valence electrons. The van der Waals surface area contributed by atoms with Gasteiger partial charge in [-0.2, -0.15) is 0 Å². The number of hydrogen-bond acceptors (Lipinski definition) is 4. The van der Waals surface area contributed by atoms with Crippen LogP contribution in [0.5, 0.6) is 0 Å². The summed E-state index contributed by atoms with van der Waals surface area (Å²) >= 11 is 1.89. The number of benzene rings is 1. The van der Waals surface area contributed by atoms with Crippen LogP contribution in [0.1, 0.15) is 33.7 Å². The molecule has 1 aliphatic carbocycles. The number of nitro groups is 1. The molecule has 0 atom stereocenters. The van der Waals surface area contributed by atoms with Crippen molar-refractivity contribution in [2.45, 2.75) is 25.8 Å². The third-order valence-corrected chi connectivity index (χ3v) is 6.30. The van der Waals surface area contributed by atoms with Gasteiger partial charge in [0.15, 0.2) is 0 Å². The van der Waals surface area contributed by atoms with Gasteiger partial charge in [-0.25, -0.2) is 0 Å². The Morgan fingerprint density at radius 1 is 1.12 bits per heavy atom. The van der Waals surface area contributed by atoms with Crippen LogP contribution in [0.4, 0.5) is 5.69 Å². The molecule has 0 fully saturated rings. The number of fused-ring (bicyclic) bond motifs is 5. The van der Waals surface area contributed by atoms with Gasteiger partial charge in [0.05, 0.1) is 22.9 Å². The van der Waals surface area contributed by atoms with Gasteiger partial charge in [-0.3, -0.25) is 15.1 Å². The highest BCUT2D eigenvalue weighted by Crippen LogP contribution is 2.40. The molecule has 2 aromatic heterocycles. The van der Waals surface area contributed by atoms with Gasteiger partial charge in [0.1, 0.15) is 5.00 Å². The maximum atomic E-state index is 10.9. The van der Waals surface area contributed by atoms with Crippen molar-refractivity contribution in [2.24, 2.45) is 4.99 Å². The summed E-state index contributed by atoms with van der Waals surface area (Å²) in [7, 11) is 0. The molecule has 0 bridgehead atoms. The molecule has 1 aliphatic heterocycles. The third kappa shape index (κ3) is 2.17. The normalized spacial score (nSPS) is 15.1. The maximum absolute atomic E-state index is 10.9. The predicted octanol–water partition coefficient (Wildman–Crippen LogP) is 4.29. The van der Waals surface area contributed by atoms with Crippen molar-refractivity contribution in [3.05, 3.63) is 80.0 Å². The first kappa shape index (κ1) is 14.6. The lowest BCUT2D eigenvalue weighted by atomic mass is 10.1. The number of aromatic nitrogens is 1. The lowest BCUT2D eigenvalue weighted by Crippen LogP contribution is -2.07. The minimum Gasteiger partial charge on any atom is -0.306 e. The largest absolute Gasteiger partial charge is 0.306 e. The van der Waals surface area contributed by atoms with Crippen LogP contribution in [0.25, 0.3) is 5.00 Å². The van der Waals surface area contributed by atoms with E-state index in [1.165, 1.54) is 33.8 Å². The first-order valence-corrected chi connectivity index (χ1v) is 9.15. The molecule has 0 saturated carbocycles. The average Bonchev–Trinajstić information content (AvgIpc) is 3.30. The van der Waals surface area contributed by atoms with E-state index in [0.717, 1.165) is 23.4 Å². The second-order valence-corrected chi connectivity index (χ2v) is 7.46. The van der Waals surface area contributed by atoms with Gasteiger partial charge in [0.25, 0.3) is 5.69 Å². The van der Waals surface area contributed by atoms with Crippen LogP contribution in [0, 0.1) is 10.1 Å². The van der Waals surface area contributed by atoms with Crippen LogP contribution in [-0.4, -0.2) is 15.2 Å². The minimum absolute atomic E-state index is 0.102. The van der Waals surface area contributed by atoms with Crippen LogP contribution < -0.4 is 0 Å². The van der Waals surface area contributed by atoms with Crippen molar-refractivity contribution in [3.63, 3.8) is 0 Å². The Bertz CT molecular complexity index is 1030. The lowest BCUT2D eigenvalue weighted by molar-refractivity contribution is -0.384. The molecule has 0 spiro atoms. The molecular weight excluding hydrogens is 334 g/mol. The second-order valence-electron chi connectivity index (χ2n) is 6.37. The predicted molar refractivity (Wildman–Crippen MR) is 98.1 cm³/mol. The average molecular weight is 349 g/mol. The number of aliphatic imine (C=N–C) groups is 1. The molecule has 1 aromatic carbocycles. The molecule has 3 heterocycles. The van der Waals surface area contributed by atoms with Crippen LogP contribution in [0.15, 0.2) is 47.6 Å². The summed E-state index contributed by atoms with van der Waals surface area (Å²) in [5.74, 6) is 0. The molecule has 0 saturated heterocycles. The zero-order chi connectivity index (χ0) is 17.0. The summed E-state index contributed by atoms with van der Waals surface area (Å²) in [5.41, 5.74) is 5.81. The van der Waals surface area contributed by atoms with Crippen molar-refractivity contribution in [3.8, 4) is 5.00 Å². The van der Waals surface area contributed by atoms with E-state index in [2.05, 4.69) is 16.8 Å². The fraction of sp³-hybridized carbons (Fsp3) is 0.211. The van der Waals surface area contributed by atoms with Crippen molar-refractivity contribution in [1.29, 1.82) is 0 Å². The lowest BCUT2D eigenvalue weighted by Gasteiger charge is -2.08. The number of thiophene rings is 1. The van der Waals surface area contributed by atoms with Gasteiger partial charge < -0.3 is 4.57 Å². The molecule has 6 heteroatoms. The van der Waals surface area contributed by atoms with Crippen molar-refractivity contribution in [1.82, 2.24) is 4.57 Å².